The lowest BCUT2D eigenvalue weighted by atomic mass is 9.99. The lowest BCUT2D eigenvalue weighted by molar-refractivity contribution is -0.133. The van der Waals surface area contributed by atoms with Gasteiger partial charge in [-0.15, -0.1) is 5.10 Å². The van der Waals surface area contributed by atoms with E-state index in [1.165, 1.54) is 17.7 Å². The van der Waals surface area contributed by atoms with E-state index in [0.29, 0.717) is 35.6 Å². The molecule has 178 valence electrons. The minimum atomic E-state index is -3.27. The quantitative estimate of drug-likeness (QED) is 0.585. The van der Waals surface area contributed by atoms with Crippen LogP contribution < -0.4 is 15.0 Å². The first kappa shape index (κ1) is 21.1. The minimum absolute atomic E-state index is 0.0263. The molecule has 2 bridgehead atoms. The molecule has 1 N–H and O–H groups in total. The molecule has 0 spiro atoms. The number of nitrogens with one attached hydrogen (secondary N) is 1. The Morgan fingerprint density at radius 3 is 2.62 bits per heavy atom. The Morgan fingerprint density at radius 1 is 1.24 bits per heavy atom. The van der Waals surface area contributed by atoms with Gasteiger partial charge in [-0.2, -0.15) is 13.8 Å². The number of ether oxygens (including phenoxy) is 2. The van der Waals surface area contributed by atoms with Crippen LogP contribution >= 0.6 is 0 Å². The van der Waals surface area contributed by atoms with Crippen LogP contribution in [0.4, 0.5) is 20.4 Å². The molecule has 3 aromatic heterocycles. The molecule has 4 aliphatic rings. The SMILES string of the molecule is CC(=O)Nc1cc2c(cn1)c(N1CC3CC(C1)O3)nn2-c1cc(OC2CC2)nc(C(C)(F)F)n1. The molecule has 2 atom stereocenters. The fourth-order valence-electron chi connectivity index (χ4n) is 4.31. The van der Waals surface area contributed by atoms with Gasteiger partial charge in [-0.25, -0.2) is 14.6 Å². The summed E-state index contributed by atoms with van der Waals surface area (Å²) in [5.74, 6) is -2.98. The summed E-state index contributed by atoms with van der Waals surface area (Å²) in [6.45, 7) is 3.48. The Hall–Kier alpha value is -3.41. The maximum absolute atomic E-state index is 14.3. The summed E-state index contributed by atoms with van der Waals surface area (Å²) in [6.07, 6.45) is 4.62. The third-order valence-corrected chi connectivity index (χ3v) is 6.02. The monoisotopic (exact) mass is 471 g/mol. The minimum Gasteiger partial charge on any atom is -0.474 e. The summed E-state index contributed by atoms with van der Waals surface area (Å²) < 4.78 is 41.5. The molecule has 6 heterocycles. The van der Waals surface area contributed by atoms with Crippen LogP contribution in [0.15, 0.2) is 18.3 Å². The molecule has 1 saturated carbocycles. The van der Waals surface area contributed by atoms with Crippen molar-refractivity contribution >= 4 is 28.4 Å². The predicted octanol–water partition coefficient (Wildman–Crippen LogP) is 2.80. The van der Waals surface area contributed by atoms with Crippen molar-refractivity contribution in [2.24, 2.45) is 0 Å². The van der Waals surface area contributed by atoms with Crippen LogP contribution in [0.25, 0.3) is 16.7 Å². The molecule has 4 fully saturated rings. The highest BCUT2D eigenvalue weighted by Gasteiger charge is 2.40. The lowest BCUT2D eigenvalue weighted by Crippen LogP contribution is -2.57. The van der Waals surface area contributed by atoms with E-state index in [9.17, 15) is 13.6 Å². The lowest BCUT2D eigenvalue weighted by Gasteiger charge is -2.47. The largest absolute Gasteiger partial charge is 0.474 e. The zero-order valence-electron chi connectivity index (χ0n) is 18.7. The Balaban J connectivity index is 1.50. The number of nitrogens with zero attached hydrogens (tertiary/aromatic N) is 6. The normalized spacial score (nSPS) is 21.9. The van der Waals surface area contributed by atoms with E-state index >= 15 is 0 Å². The van der Waals surface area contributed by atoms with Gasteiger partial charge in [-0.05, 0) is 12.8 Å². The van der Waals surface area contributed by atoms with E-state index in [-0.39, 0.29) is 35.9 Å². The molecule has 1 aliphatic carbocycles. The highest BCUT2D eigenvalue weighted by Crippen LogP contribution is 2.36. The van der Waals surface area contributed by atoms with Crippen molar-refractivity contribution in [1.82, 2.24) is 24.7 Å². The van der Waals surface area contributed by atoms with Crippen LogP contribution in [-0.4, -0.2) is 62.0 Å². The van der Waals surface area contributed by atoms with Crippen molar-refractivity contribution in [2.45, 2.75) is 57.3 Å². The van der Waals surface area contributed by atoms with Gasteiger partial charge in [0.05, 0.1) is 23.1 Å². The molecular formula is C22H23F2N7O3. The first-order valence-corrected chi connectivity index (χ1v) is 11.2. The van der Waals surface area contributed by atoms with E-state index in [4.69, 9.17) is 14.6 Å². The number of morpholine rings is 1. The van der Waals surface area contributed by atoms with Crippen molar-refractivity contribution in [2.75, 3.05) is 23.3 Å². The number of rotatable bonds is 6. The average Bonchev–Trinajstić information content (AvgIpc) is 3.49. The van der Waals surface area contributed by atoms with Gasteiger partial charge in [-0.1, -0.05) is 0 Å². The molecule has 3 aliphatic heterocycles. The summed E-state index contributed by atoms with van der Waals surface area (Å²) in [4.78, 5) is 26.1. The zero-order valence-corrected chi connectivity index (χ0v) is 18.7. The number of pyridine rings is 1. The molecule has 1 amide bonds. The van der Waals surface area contributed by atoms with Gasteiger partial charge in [0.15, 0.2) is 11.6 Å². The zero-order chi connectivity index (χ0) is 23.6. The number of hydrogen-bond acceptors (Lipinski definition) is 8. The Labute approximate surface area is 193 Å². The van der Waals surface area contributed by atoms with E-state index in [0.717, 1.165) is 26.2 Å². The van der Waals surface area contributed by atoms with Gasteiger partial charge in [0, 0.05) is 51.7 Å². The topological polar surface area (TPSA) is 107 Å². The van der Waals surface area contributed by atoms with Gasteiger partial charge >= 0.3 is 5.92 Å². The highest BCUT2D eigenvalue weighted by atomic mass is 19.3. The molecule has 0 radical (unpaired) electrons. The highest BCUT2D eigenvalue weighted by molar-refractivity contribution is 5.95. The molecule has 0 aromatic carbocycles. The number of hydrogen-bond donors (Lipinski definition) is 1. The number of halogens is 2. The third-order valence-electron chi connectivity index (χ3n) is 6.02. The van der Waals surface area contributed by atoms with Crippen molar-refractivity contribution in [1.29, 1.82) is 0 Å². The Morgan fingerprint density at radius 2 is 1.97 bits per heavy atom. The van der Waals surface area contributed by atoms with Crippen molar-refractivity contribution in [3.05, 3.63) is 24.2 Å². The van der Waals surface area contributed by atoms with Gasteiger partial charge in [0.25, 0.3) is 0 Å². The number of aromatic nitrogens is 5. The van der Waals surface area contributed by atoms with E-state index in [1.54, 1.807) is 12.3 Å². The van der Waals surface area contributed by atoms with E-state index in [1.807, 2.05) is 0 Å². The molecular weight excluding hydrogens is 448 g/mol. The predicted molar refractivity (Wildman–Crippen MR) is 117 cm³/mol. The summed E-state index contributed by atoms with van der Waals surface area (Å²) in [5.41, 5.74) is 0.565. The van der Waals surface area contributed by atoms with E-state index in [2.05, 4.69) is 25.2 Å². The van der Waals surface area contributed by atoms with Crippen LogP contribution in [0.1, 0.15) is 38.9 Å². The summed E-state index contributed by atoms with van der Waals surface area (Å²) >= 11 is 0. The number of alkyl halides is 2. The molecule has 10 nitrogen and oxygen atoms in total. The van der Waals surface area contributed by atoms with Crippen LogP contribution in [0.2, 0.25) is 0 Å². The van der Waals surface area contributed by atoms with Crippen LogP contribution in [0.3, 0.4) is 0 Å². The Bertz CT molecular complexity index is 1270. The first-order chi connectivity index (χ1) is 16.2. The molecule has 34 heavy (non-hydrogen) atoms. The number of anilines is 2. The van der Waals surface area contributed by atoms with Crippen molar-refractivity contribution in [3.63, 3.8) is 0 Å². The second-order valence-corrected chi connectivity index (χ2v) is 9.12. The van der Waals surface area contributed by atoms with Gasteiger partial charge in [0.1, 0.15) is 11.9 Å². The smallest absolute Gasteiger partial charge is 0.304 e. The molecule has 12 heteroatoms. The first-order valence-electron chi connectivity index (χ1n) is 11.2. The molecule has 2 unspecified atom stereocenters. The maximum Gasteiger partial charge on any atom is 0.304 e. The number of fused-ring (bicyclic) bond motifs is 3. The van der Waals surface area contributed by atoms with Gasteiger partial charge in [-0.3, -0.25) is 4.79 Å². The van der Waals surface area contributed by atoms with Gasteiger partial charge in [0.2, 0.25) is 17.6 Å². The summed E-state index contributed by atoms with van der Waals surface area (Å²) in [7, 11) is 0. The fourth-order valence-corrected chi connectivity index (χ4v) is 4.31. The third kappa shape index (κ3) is 3.91. The molecule has 7 rings (SSSR count). The fraction of sp³-hybridized carbons (Fsp3) is 0.500. The average molecular weight is 471 g/mol. The number of carbonyl (C=O) groups is 1. The van der Waals surface area contributed by atoms with Crippen LogP contribution in [0.5, 0.6) is 5.88 Å². The number of piperidine rings is 1. The number of amides is 1. The number of carbonyl (C=O) groups excluding carboxylic acids is 1. The second-order valence-electron chi connectivity index (χ2n) is 9.12. The van der Waals surface area contributed by atoms with Crippen molar-refractivity contribution < 1.29 is 23.0 Å². The van der Waals surface area contributed by atoms with Gasteiger partial charge < -0.3 is 19.7 Å². The second kappa shape index (κ2) is 7.55. The maximum atomic E-state index is 14.3. The van der Waals surface area contributed by atoms with E-state index < -0.39 is 11.7 Å². The standard InChI is InChI=1S/C22H23F2N7O3/c1-11(32)26-17-6-16-15(8-25-17)20(30-9-13-5-14(10-30)33-13)29-31(16)18-7-19(34-12-3-4-12)28-21(27-18)22(2,23)24/h6-8,12-14H,3-5,9-10H2,1-2H3,(H,25,26,32). The van der Waals surface area contributed by atoms with Crippen LogP contribution in [0, 0.1) is 0 Å². The van der Waals surface area contributed by atoms with Crippen LogP contribution in [-0.2, 0) is 15.5 Å². The molecule has 3 saturated heterocycles. The molecule has 3 aromatic rings. The summed E-state index contributed by atoms with van der Waals surface area (Å²) in [5, 5.41) is 8.13. The van der Waals surface area contributed by atoms with Crippen molar-refractivity contribution in [3.8, 4) is 11.7 Å². The summed E-state index contributed by atoms with van der Waals surface area (Å²) in [6, 6.07) is 3.17. The Kier molecular flexibility index (Phi) is 4.70.